The summed E-state index contributed by atoms with van der Waals surface area (Å²) in [7, 11) is 0. The van der Waals surface area contributed by atoms with Crippen LogP contribution >= 0.6 is 0 Å². The van der Waals surface area contributed by atoms with Crippen molar-refractivity contribution in [2.75, 3.05) is 26.2 Å². The van der Waals surface area contributed by atoms with Gasteiger partial charge in [-0.3, -0.25) is 0 Å². The molecule has 0 saturated carbocycles. The summed E-state index contributed by atoms with van der Waals surface area (Å²) in [5.74, 6) is 1.45. The van der Waals surface area contributed by atoms with Gasteiger partial charge in [-0.05, 0) is 74.9 Å². The molecule has 0 aliphatic carbocycles. The summed E-state index contributed by atoms with van der Waals surface area (Å²) in [6.45, 7) is 10.3. The Labute approximate surface area is 176 Å². The van der Waals surface area contributed by atoms with Gasteiger partial charge < -0.3 is 14.7 Å². The van der Waals surface area contributed by atoms with Gasteiger partial charge in [0, 0.05) is 12.5 Å². The molecule has 1 N–H and O–H groups in total. The van der Waals surface area contributed by atoms with Crippen LogP contribution in [-0.2, 0) is 5.60 Å². The van der Waals surface area contributed by atoms with Crippen LogP contribution in [0.2, 0.25) is 0 Å². The molecule has 2 aromatic rings. The van der Waals surface area contributed by atoms with Crippen molar-refractivity contribution >= 4 is 0 Å². The Morgan fingerprint density at radius 2 is 1.66 bits per heavy atom. The molecule has 1 heterocycles. The van der Waals surface area contributed by atoms with E-state index in [1.807, 2.05) is 19.1 Å². The minimum absolute atomic E-state index is 0.0403. The smallest absolute Gasteiger partial charge is 0.119 e. The first-order chi connectivity index (χ1) is 14.0. The molecule has 1 aliphatic rings. The van der Waals surface area contributed by atoms with Crippen molar-refractivity contribution in [3.8, 4) is 5.75 Å². The highest BCUT2D eigenvalue weighted by Gasteiger charge is 2.40. The van der Waals surface area contributed by atoms with Gasteiger partial charge in [0.1, 0.15) is 5.75 Å². The van der Waals surface area contributed by atoms with E-state index in [4.69, 9.17) is 4.74 Å². The van der Waals surface area contributed by atoms with Gasteiger partial charge in [-0.25, -0.2) is 0 Å². The summed E-state index contributed by atoms with van der Waals surface area (Å²) in [4.78, 5) is 2.52. The highest BCUT2D eigenvalue weighted by Crippen LogP contribution is 2.43. The zero-order chi connectivity index (χ0) is 20.7. The van der Waals surface area contributed by atoms with E-state index in [-0.39, 0.29) is 5.92 Å². The zero-order valence-electron chi connectivity index (χ0n) is 18.3. The summed E-state index contributed by atoms with van der Waals surface area (Å²) in [5, 5.41) is 12.3. The quantitative estimate of drug-likeness (QED) is 0.569. The van der Waals surface area contributed by atoms with Crippen LogP contribution in [-0.4, -0.2) is 36.2 Å². The second-order valence-corrected chi connectivity index (χ2v) is 8.79. The molecule has 1 aliphatic heterocycles. The van der Waals surface area contributed by atoms with E-state index < -0.39 is 5.60 Å². The number of ether oxygens (including phenoxy) is 1. The van der Waals surface area contributed by atoms with Crippen molar-refractivity contribution in [3.05, 3.63) is 65.7 Å². The highest BCUT2D eigenvalue weighted by molar-refractivity contribution is 5.35. The molecule has 2 atom stereocenters. The number of hydrogen-bond donors (Lipinski definition) is 1. The molecule has 1 saturated heterocycles. The lowest BCUT2D eigenvalue weighted by atomic mass is 9.73. The summed E-state index contributed by atoms with van der Waals surface area (Å²) >= 11 is 0. The maximum atomic E-state index is 12.3. The average molecular weight is 396 g/mol. The third kappa shape index (κ3) is 5.61. The van der Waals surface area contributed by atoms with Crippen molar-refractivity contribution in [2.24, 2.45) is 5.92 Å². The largest absolute Gasteiger partial charge is 0.494 e. The molecule has 158 valence electrons. The van der Waals surface area contributed by atoms with Crippen LogP contribution in [0, 0.1) is 5.92 Å². The molecular formula is C26H37NO2. The first kappa shape index (κ1) is 21.9. The molecule has 0 spiro atoms. The van der Waals surface area contributed by atoms with Crippen LogP contribution in [0.25, 0.3) is 0 Å². The van der Waals surface area contributed by atoms with Gasteiger partial charge in [0.05, 0.1) is 12.2 Å². The average Bonchev–Trinajstić information content (AvgIpc) is 3.25. The molecule has 3 rings (SSSR count). The number of likely N-dealkylation sites (tertiary alicyclic amines) is 1. The number of hydrogen-bond acceptors (Lipinski definition) is 3. The molecule has 2 aromatic carbocycles. The van der Waals surface area contributed by atoms with Gasteiger partial charge >= 0.3 is 0 Å². The maximum absolute atomic E-state index is 12.3. The van der Waals surface area contributed by atoms with Gasteiger partial charge in [-0.1, -0.05) is 56.3 Å². The first-order valence-electron chi connectivity index (χ1n) is 11.3. The van der Waals surface area contributed by atoms with E-state index in [1.54, 1.807) is 0 Å². The molecule has 29 heavy (non-hydrogen) atoms. The molecule has 0 radical (unpaired) electrons. The van der Waals surface area contributed by atoms with Crippen molar-refractivity contribution in [1.29, 1.82) is 0 Å². The van der Waals surface area contributed by atoms with Gasteiger partial charge in [-0.15, -0.1) is 0 Å². The normalized spacial score (nSPS) is 18.0. The topological polar surface area (TPSA) is 32.7 Å². The number of nitrogens with zero attached hydrogens (tertiary/aromatic N) is 1. The molecule has 0 bridgehead atoms. The minimum atomic E-state index is -0.904. The predicted octanol–water partition coefficient (Wildman–Crippen LogP) is 5.59. The number of rotatable bonds is 10. The van der Waals surface area contributed by atoms with E-state index in [2.05, 4.69) is 61.2 Å². The van der Waals surface area contributed by atoms with Crippen LogP contribution in [0.15, 0.2) is 54.6 Å². The Hall–Kier alpha value is -1.84. The highest BCUT2D eigenvalue weighted by atomic mass is 16.5. The van der Waals surface area contributed by atoms with E-state index in [1.165, 1.54) is 18.4 Å². The number of aliphatic hydroxyl groups is 1. The fourth-order valence-electron chi connectivity index (χ4n) is 4.48. The van der Waals surface area contributed by atoms with Crippen molar-refractivity contribution in [3.63, 3.8) is 0 Å². The van der Waals surface area contributed by atoms with Crippen LogP contribution in [0.4, 0.5) is 0 Å². The van der Waals surface area contributed by atoms with Crippen LogP contribution in [0.1, 0.15) is 63.5 Å². The van der Waals surface area contributed by atoms with Crippen molar-refractivity contribution in [2.45, 2.75) is 58.0 Å². The van der Waals surface area contributed by atoms with Gasteiger partial charge in [-0.2, -0.15) is 0 Å². The van der Waals surface area contributed by atoms with Gasteiger partial charge in [0.15, 0.2) is 0 Å². The summed E-state index contributed by atoms with van der Waals surface area (Å²) < 4.78 is 5.63. The molecular weight excluding hydrogens is 358 g/mol. The summed E-state index contributed by atoms with van der Waals surface area (Å²) in [6, 6.07) is 18.7. The fourth-order valence-corrected chi connectivity index (χ4v) is 4.48. The Kier molecular flexibility index (Phi) is 7.74. The van der Waals surface area contributed by atoms with Gasteiger partial charge in [0.25, 0.3) is 0 Å². The Bertz CT molecular complexity index is 722. The fraction of sp³-hybridized carbons (Fsp3) is 0.538. The molecule has 1 fully saturated rings. The third-order valence-corrected chi connectivity index (χ3v) is 6.19. The lowest BCUT2D eigenvalue weighted by Gasteiger charge is -2.40. The molecule has 0 aromatic heterocycles. The van der Waals surface area contributed by atoms with Crippen molar-refractivity contribution in [1.82, 2.24) is 4.90 Å². The molecule has 3 nitrogen and oxygen atoms in total. The second-order valence-electron chi connectivity index (χ2n) is 8.79. The van der Waals surface area contributed by atoms with E-state index in [0.717, 1.165) is 43.8 Å². The lowest BCUT2D eigenvalue weighted by molar-refractivity contribution is -0.0154. The van der Waals surface area contributed by atoms with E-state index in [9.17, 15) is 5.11 Å². The Morgan fingerprint density at radius 1 is 1.00 bits per heavy atom. The Balaban J connectivity index is 1.99. The molecule has 3 heteroatoms. The predicted molar refractivity (Wildman–Crippen MR) is 120 cm³/mol. The van der Waals surface area contributed by atoms with E-state index >= 15 is 0 Å². The van der Waals surface area contributed by atoms with Gasteiger partial charge in [0.2, 0.25) is 0 Å². The first-order valence-corrected chi connectivity index (χ1v) is 11.3. The standard InChI is InChI=1S/C26H37NO2/c1-4-29-24-14-12-23(13-15-24)26(28,17-16-21(2)3)25(20-27-18-8-9-19-27)22-10-6-5-7-11-22/h5-7,10-15,21,25,28H,4,8-9,16-20H2,1-3H3/t25-,26+/m0/s1. The maximum Gasteiger partial charge on any atom is 0.119 e. The van der Waals surface area contributed by atoms with Crippen LogP contribution in [0.5, 0.6) is 5.75 Å². The van der Waals surface area contributed by atoms with Crippen molar-refractivity contribution < 1.29 is 9.84 Å². The van der Waals surface area contributed by atoms with E-state index in [0.29, 0.717) is 12.5 Å². The second kappa shape index (κ2) is 10.3. The summed E-state index contributed by atoms with van der Waals surface area (Å²) in [5.41, 5.74) is 1.31. The molecule has 0 amide bonds. The number of benzene rings is 2. The van der Waals surface area contributed by atoms with Crippen LogP contribution < -0.4 is 4.74 Å². The van der Waals surface area contributed by atoms with Crippen LogP contribution in [0.3, 0.4) is 0 Å². The minimum Gasteiger partial charge on any atom is -0.494 e. The monoisotopic (exact) mass is 395 g/mol. The Morgan fingerprint density at radius 3 is 2.24 bits per heavy atom. The zero-order valence-corrected chi connectivity index (χ0v) is 18.3. The summed E-state index contributed by atoms with van der Waals surface area (Å²) in [6.07, 6.45) is 4.27. The molecule has 0 unspecified atom stereocenters. The third-order valence-electron chi connectivity index (χ3n) is 6.19. The lowest BCUT2D eigenvalue weighted by Crippen LogP contribution is -2.40. The SMILES string of the molecule is CCOc1ccc([C@](O)(CCC(C)C)[C@@H](CN2CCCC2)c2ccccc2)cc1.